The normalized spacial score (nSPS) is 11.4. The van der Waals surface area contributed by atoms with Gasteiger partial charge in [-0.25, -0.2) is 4.79 Å². The molecule has 1 amide bonds. The number of benzene rings is 1. The van der Waals surface area contributed by atoms with Gasteiger partial charge in [0.05, 0.1) is 20.8 Å². The highest BCUT2D eigenvalue weighted by Gasteiger charge is 2.19. The van der Waals surface area contributed by atoms with E-state index in [4.69, 9.17) is 20.9 Å². The minimum Gasteiger partial charge on any atom is -0.493 e. The zero-order chi connectivity index (χ0) is 20.9. The fourth-order valence-electron chi connectivity index (χ4n) is 2.48. The molecular weight excluding hydrogens is 366 g/mol. The van der Waals surface area contributed by atoms with Gasteiger partial charge in [0.1, 0.15) is 6.04 Å². The predicted octanol–water partition coefficient (Wildman–Crippen LogP) is -0.541. The summed E-state index contributed by atoms with van der Waals surface area (Å²) in [6, 6.07) is 4.63. The van der Waals surface area contributed by atoms with Crippen LogP contribution in [0.2, 0.25) is 0 Å². The van der Waals surface area contributed by atoms with Gasteiger partial charge in [0, 0.05) is 6.54 Å². The second-order valence-corrected chi connectivity index (χ2v) is 6.02. The number of ether oxygens (including phenoxy) is 2. The lowest BCUT2D eigenvalue weighted by Crippen LogP contribution is -2.44. The van der Waals surface area contributed by atoms with Crippen LogP contribution in [-0.2, 0) is 16.0 Å². The molecule has 1 aromatic carbocycles. The number of aliphatic carboxylic acids is 1. The Kier molecular flexibility index (Phi) is 10.2. The first-order chi connectivity index (χ1) is 13.4. The highest BCUT2D eigenvalue weighted by Crippen LogP contribution is 2.27. The van der Waals surface area contributed by atoms with Gasteiger partial charge >= 0.3 is 5.97 Å². The molecule has 156 valence electrons. The maximum absolute atomic E-state index is 12.0. The molecule has 0 aliphatic heterocycles. The second-order valence-electron chi connectivity index (χ2n) is 6.02. The van der Waals surface area contributed by atoms with Crippen LogP contribution in [0.3, 0.4) is 0 Å². The van der Waals surface area contributed by atoms with E-state index in [1.165, 1.54) is 0 Å². The van der Waals surface area contributed by atoms with Crippen LogP contribution in [0.1, 0.15) is 18.4 Å². The number of nitrogens with zero attached hydrogens (tertiary/aromatic N) is 1. The van der Waals surface area contributed by atoms with E-state index >= 15 is 0 Å². The number of methoxy groups -OCH3 is 2. The largest absolute Gasteiger partial charge is 0.493 e. The van der Waals surface area contributed by atoms with Gasteiger partial charge < -0.3 is 36.7 Å². The summed E-state index contributed by atoms with van der Waals surface area (Å²) in [7, 11) is 3.14. The number of amides is 1. The van der Waals surface area contributed by atoms with E-state index in [2.05, 4.69) is 15.6 Å². The predicted molar refractivity (Wildman–Crippen MR) is 106 cm³/mol. The Balaban J connectivity index is 2.36. The van der Waals surface area contributed by atoms with Gasteiger partial charge in [-0.2, -0.15) is 0 Å². The van der Waals surface area contributed by atoms with Crippen LogP contribution in [0.25, 0.3) is 0 Å². The molecule has 10 nitrogen and oxygen atoms in total. The number of hydrogen-bond acceptors (Lipinski definition) is 6. The van der Waals surface area contributed by atoms with Gasteiger partial charge in [-0.3, -0.25) is 9.79 Å². The van der Waals surface area contributed by atoms with Crippen molar-refractivity contribution in [1.29, 1.82) is 0 Å². The molecule has 0 radical (unpaired) electrons. The second kappa shape index (κ2) is 12.4. The molecule has 1 rings (SSSR count). The first-order valence-corrected chi connectivity index (χ1v) is 8.86. The number of carbonyl (C=O) groups excluding carboxylic acids is 1. The lowest BCUT2D eigenvalue weighted by Gasteiger charge is -2.14. The summed E-state index contributed by atoms with van der Waals surface area (Å²) in [5.74, 6) is -0.236. The van der Waals surface area contributed by atoms with Crippen molar-refractivity contribution < 1.29 is 24.2 Å². The monoisotopic (exact) mass is 395 g/mol. The van der Waals surface area contributed by atoms with E-state index in [9.17, 15) is 14.7 Å². The quantitative estimate of drug-likeness (QED) is 0.169. The zero-order valence-corrected chi connectivity index (χ0v) is 16.2. The molecule has 0 saturated heterocycles. The molecule has 1 unspecified atom stereocenters. The summed E-state index contributed by atoms with van der Waals surface area (Å²) < 4.78 is 10.4. The first-order valence-electron chi connectivity index (χ1n) is 8.86. The molecule has 1 atom stereocenters. The number of rotatable bonds is 13. The van der Waals surface area contributed by atoms with Crippen molar-refractivity contribution in [2.45, 2.75) is 25.3 Å². The first kappa shape index (κ1) is 23.0. The molecule has 0 aliphatic rings. The number of guanidine groups is 1. The van der Waals surface area contributed by atoms with Gasteiger partial charge in [-0.05, 0) is 43.5 Å². The molecule has 0 aliphatic carbocycles. The van der Waals surface area contributed by atoms with E-state index in [1.54, 1.807) is 14.2 Å². The number of hydrogen-bond donors (Lipinski definition) is 5. The zero-order valence-electron chi connectivity index (χ0n) is 16.2. The Bertz CT molecular complexity index is 676. The van der Waals surface area contributed by atoms with Gasteiger partial charge in [-0.1, -0.05) is 6.07 Å². The fraction of sp³-hybridized carbons (Fsp3) is 0.500. The Morgan fingerprint density at radius 2 is 1.93 bits per heavy atom. The number of carboxylic acid groups (broad SMARTS) is 1. The topological polar surface area (TPSA) is 161 Å². The van der Waals surface area contributed by atoms with Crippen molar-refractivity contribution >= 4 is 17.8 Å². The van der Waals surface area contributed by atoms with Gasteiger partial charge in [-0.15, -0.1) is 0 Å². The van der Waals surface area contributed by atoms with Crippen LogP contribution in [0.4, 0.5) is 0 Å². The summed E-state index contributed by atoms with van der Waals surface area (Å²) in [6.45, 7) is 0.877. The van der Waals surface area contributed by atoms with E-state index in [-0.39, 0.29) is 24.8 Å². The summed E-state index contributed by atoms with van der Waals surface area (Å²) in [4.78, 5) is 27.0. The Hall–Kier alpha value is -3.01. The van der Waals surface area contributed by atoms with Gasteiger partial charge in [0.2, 0.25) is 5.91 Å². The van der Waals surface area contributed by atoms with Crippen LogP contribution >= 0.6 is 0 Å². The Morgan fingerprint density at radius 3 is 2.54 bits per heavy atom. The molecule has 0 heterocycles. The Morgan fingerprint density at radius 1 is 1.21 bits per heavy atom. The van der Waals surface area contributed by atoms with E-state index in [0.717, 1.165) is 5.56 Å². The number of aliphatic imine (C=N–C) groups is 1. The van der Waals surface area contributed by atoms with Crippen LogP contribution in [0.15, 0.2) is 23.2 Å². The van der Waals surface area contributed by atoms with Crippen LogP contribution in [-0.4, -0.2) is 62.8 Å². The van der Waals surface area contributed by atoms with Crippen molar-refractivity contribution in [2.75, 3.05) is 33.9 Å². The van der Waals surface area contributed by atoms with Crippen molar-refractivity contribution in [3.8, 4) is 11.5 Å². The molecule has 0 saturated carbocycles. The summed E-state index contributed by atoms with van der Waals surface area (Å²) in [5.41, 5.74) is 11.4. The molecule has 7 N–H and O–H groups in total. The highest BCUT2D eigenvalue weighted by atomic mass is 16.5. The third-order valence-corrected chi connectivity index (χ3v) is 3.90. The molecule has 0 spiro atoms. The number of carbonyl (C=O) groups is 2. The van der Waals surface area contributed by atoms with E-state index < -0.39 is 12.0 Å². The van der Waals surface area contributed by atoms with Crippen molar-refractivity contribution in [1.82, 2.24) is 10.6 Å². The molecule has 1 aromatic rings. The SMILES string of the molecule is COc1ccc(CCNCC(=O)NC(CCCN=C(N)N)C(=O)O)cc1OC. The summed E-state index contributed by atoms with van der Waals surface area (Å²) in [6.07, 6.45) is 1.36. The molecule has 0 aromatic heterocycles. The number of nitrogens with two attached hydrogens (primary N) is 2. The lowest BCUT2D eigenvalue weighted by atomic mass is 10.1. The molecule has 10 heteroatoms. The third-order valence-electron chi connectivity index (χ3n) is 3.90. The highest BCUT2D eigenvalue weighted by molar-refractivity contribution is 5.84. The van der Waals surface area contributed by atoms with Crippen molar-refractivity contribution in [3.63, 3.8) is 0 Å². The smallest absolute Gasteiger partial charge is 0.326 e. The van der Waals surface area contributed by atoms with E-state index in [0.29, 0.717) is 37.4 Å². The molecule has 28 heavy (non-hydrogen) atoms. The van der Waals surface area contributed by atoms with Crippen LogP contribution in [0.5, 0.6) is 11.5 Å². The average Bonchev–Trinajstić information content (AvgIpc) is 2.66. The molecule has 0 bridgehead atoms. The fourth-order valence-corrected chi connectivity index (χ4v) is 2.48. The average molecular weight is 395 g/mol. The summed E-state index contributed by atoms with van der Waals surface area (Å²) in [5, 5.41) is 14.7. The van der Waals surface area contributed by atoms with Crippen LogP contribution < -0.4 is 31.6 Å². The maximum atomic E-state index is 12.0. The number of carboxylic acids is 1. The van der Waals surface area contributed by atoms with Crippen molar-refractivity contribution in [3.05, 3.63) is 23.8 Å². The minimum atomic E-state index is -1.09. The van der Waals surface area contributed by atoms with Gasteiger partial charge in [0.25, 0.3) is 0 Å². The van der Waals surface area contributed by atoms with Crippen molar-refractivity contribution in [2.24, 2.45) is 16.5 Å². The van der Waals surface area contributed by atoms with Crippen LogP contribution in [0, 0.1) is 0 Å². The third kappa shape index (κ3) is 8.58. The molecular formula is C18H29N5O5. The van der Waals surface area contributed by atoms with E-state index in [1.807, 2.05) is 18.2 Å². The lowest BCUT2D eigenvalue weighted by molar-refractivity contribution is -0.141. The van der Waals surface area contributed by atoms with Gasteiger partial charge in [0.15, 0.2) is 17.5 Å². The maximum Gasteiger partial charge on any atom is 0.326 e. The standard InChI is InChI=1S/C18H29N5O5/c1-27-14-6-5-12(10-15(14)28-2)7-9-21-11-16(24)23-13(17(25)26)4-3-8-22-18(19)20/h5-6,10,13,21H,3-4,7-9,11H2,1-2H3,(H,23,24)(H,25,26)(H4,19,20,22). The number of nitrogens with one attached hydrogen (secondary N) is 2. The minimum absolute atomic E-state index is 0.0188. The Labute approximate surface area is 164 Å². The molecule has 0 fully saturated rings. The summed E-state index contributed by atoms with van der Waals surface area (Å²) >= 11 is 0.